The van der Waals surface area contributed by atoms with Gasteiger partial charge < -0.3 is 10.7 Å². The minimum Gasteiger partial charge on any atom is -0.369 e. The Labute approximate surface area is 88.1 Å². The fourth-order valence-electron chi connectivity index (χ4n) is 1.51. The first-order valence-electron chi connectivity index (χ1n) is 5.12. The summed E-state index contributed by atoms with van der Waals surface area (Å²) in [4.78, 5) is 15.4. The summed E-state index contributed by atoms with van der Waals surface area (Å²) in [7, 11) is 0. The Morgan fingerprint density at radius 3 is 2.93 bits per heavy atom. The Bertz CT molecular complexity index is 460. The molecule has 0 aromatic carbocycles. The summed E-state index contributed by atoms with van der Waals surface area (Å²) in [5, 5.41) is 0. The fraction of sp³-hybridized carbons (Fsp3) is 0.500. The lowest BCUT2D eigenvalue weighted by Gasteiger charge is -2.03. The number of H-pyrrole nitrogens is 1. The van der Waals surface area contributed by atoms with Gasteiger partial charge in [-0.05, 0) is 18.8 Å². The lowest BCUT2D eigenvalue weighted by molar-refractivity contribution is 0.582. The van der Waals surface area contributed by atoms with E-state index in [4.69, 9.17) is 5.73 Å². The van der Waals surface area contributed by atoms with Crippen LogP contribution in [0.2, 0.25) is 0 Å². The number of rotatable bonds is 3. The number of aryl methyl sites for hydroxylation is 1. The first-order chi connectivity index (χ1) is 7.16. The van der Waals surface area contributed by atoms with Gasteiger partial charge in [-0.15, -0.1) is 0 Å². The zero-order chi connectivity index (χ0) is 10.8. The number of aromatic amines is 1. The minimum absolute atomic E-state index is 0.399. The highest BCUT2D eigenvalue weighted by molar-refractivity contribution is 5.74. The van der Waals surface area contributed by atoms with Crippen molar-refractivity contribution in [3.8, 4) is 0 Å². The molecule has 5 heteroatoms. The van der Waals surface area contributed by atoms with Gasteiger partial charge in [-0.3, -0.25) is 0 Å². The molecule has 0 atom stereocenters. The molecular weight excluding hydrogens is 190 g/mol. The predicted molar refractivity (Wildman–Crippen MR) is 59.3 cm³/mol. The van der Waals surface area contributed by atoms with E-state index in [0.29, 0.717) is 17.5 Å². The second kappa shape index (κ2) is 3.84. The van der Waals surface area contributed by atoms with Crippen molar-refractivity contribution in [2.45, 2.75) is 26.7 Å². The lowest BCUT2D eigenvalue weighted by Crippen LogP contribution is -1.97. The fourth-order valence-corrected chi connectivity index (χ4v) is 1.51. The summed E-state index contributed by atoms with van der Waals surface area (Å²) in [6, 6.07) is 0. The number of aromatic nitrogens is 4. The Morgan fingerprint density at radius 2 is 2.20 bits per heavy atom. The van der Waals surface area contributed by atoms with Gasteiger partial charge in [0.25, 0.3) is 0 Å². The molecule has 0 aliphatic heterocycles. The van der Waals surface area contributed by atoms with Crippen LogP contribution in [-0.4, -0.2) is 19.9 Å². The molecule has 0 bridgehead atoms. The van der Waals surface area contributed by atoms with Crippen LogP contribution in [0.4, 0.5) is 5.95 Å². The second-order valence-corrected chi connectivity index (χ2v) is 4.07. The molecule has 80 valence electrons. The Kier molecular flexibility index (Phi) is 2.53. The van der Waals surface area contributed by atoms with Gasteiger partial charge in [0.2, 0.25) is 0 Å². The van der Waals surface area contributed by atoms with Gasteiger partial charge in [0.05, 0.1) is 5.69 Å². The van der Waals surface area contributed by atoms with E-state index in [9.17, 15) is 0 Å². The van der Waals surface area contributed by atoms with E-state index in [-0.39, 0.29) is 0 Å². The van der Waals surface area contributed by atoms with Crippen LogP contribution in [-0.2, 0) is 6.42 Å². The highest BCUT2D eigenvalue weighted by atomic mass is 15.1. The molecule has 0 saturated heterocycles. The highest BCUT2D eigenvalue weighted by Crippen LogP contribution is 2.15. The van der Waals surface area contributed by atoms with Crippen LogP contribution in [0.5, 0.6) is 0 Å². The summed E-state index contributed by atoms with van der Waals surface area (Å²) in [6.07, 6.45) is 3.57. The van der Waals surface area contributed by atoms with Crippen LogP contribution in [0, 0.1) is 5.92 Å². The van der Waals surface area contributed by atoms with Crippen LogP contribution < -0.4 is 5.73 Å². The first-order valence-corrected chi connectivity index (χ1v) is 5.12. The van der Waals surface area contributed by atoms with E-state index in [2.05, 4.69) is 33.8 Å². The summed E-state index contributed by atoms with van der Waals surface area (Å²) < 4.78 is 0. The van der Waals surface area contributed by atoms with E-state index in [1.807, 2.05) is 0 Å². The van der Waals surface area contributed by atoms with Gasteiger partial charge in [0, 0.05) is 0 Å². The number of nitrogen functional groups attached to an aromatic ring is 1. The lowest BCUT2D eigenvalue weighted by atomic mass is 10.1. The van der Waals surface area contributed by atoms with Crippen LogP contribution in [0.1, 0.15) is 26.0 Å². The normalized spacial score (nSPS) is 11.4. The molecule has 0 fully saturated rings. The number of nitrogens with zero attached hydrogens (tertiary/aromatic N) is 3. The van der Waals surface area contributed by atoms with Gasteiger partial charge in [0.15, 0.2) is 11.6 Å². The topological polar surface area (TPSA) is 80.5 Å². The van der Waals surface area contributed by atoms with E-state index in [0.717, 1.165) is 24.1 Å². The monoisotopic (exact) mass is 205 g/mol. The number of hydrogen-bond acceptors (Lipinski definition) is 4. The average Bonchev–Trinajstić information content (AvgIpc) is 2.55. The summed E-state index contributed by atoms with van der Waals surface area (Å²) in [5.74, 6) is 1.06. The maximum atomic E-state index is 5.58. The standard InChI is InChI=1S/C10H15N5/c1-6(2)3-4-7-8-9(13-5-12-7)15-10(11)14-8/h5-6H,3-4H2,1-2H3,(H3,11,12,13,14,15). The van der Waals surface area contributed by atoms with Gasteiger partial charge in [-0.1, -0.05) is 13.8 Å². The molecular formula is C10H15N5. The van der Waals surface area contributed by atoms with Crippen molar-refractivity contribution in [2.75, 3.05) is 5.73 Å². The maximum Gasteiger partial charge on any atom is 0.200 e. The average molecular weight is 205 g/mol. The molecule has 0 radical (unpaired) electrons. The third-order valence-corrected chi connectivity index (χ3v) is 2.34. The van der Waals surface area contributed by atoms with Crippen molar-refractivity contribution in [1.82, 2.24) is 19.9 Å². The molecule has 3 N–H and O–H groups in total. The quantitative estimate of drug-likeness (QED) is 0.796. The van der Waals surface area contributed by atoms with Crippen LogP contribution in [0.25, 0.3) is 11.2 Å². The van der Waals surface area contributed by atoms with Gasteiger partial charge in [-0.2, -0.15) is 4.98 Å². The zero-order valence-electron chi connectivity index (χ0n) is 8.99. The minimum atomic E-state index is 0.399. The Morgan fingerprint density at radius 1 is 1.40 bits per heavy atom. The van der Waals surface area contributed by atoms with Crippen molar-refractivity contribution in [3.05, 3.63) is 12.0 Å². The molecule has 5 nitrogen and oxygen atoms in total. The van der Waals surface area contributed by atoms with E-state index in [1.54, 1.807) is 0 Å². The smallest absolute Gasteiger partial charge is 0.200 e. The SMILES string of the molecule is CC(C)CCc1ncnc2nc(N)[nH]c12. The number of hydrogen-bond donors (Lipinski definition) is 2. The van der Waals surface area contributed by atoms with Crippen molar-refractivity contribution in [2.24, 2.45) is 5.92 Å². The number of anilines is 1. The molecule has 2 aromatic rings. The zero-order valence-corrected chi connectivity index (χ0v) is 8.99. The third-order valence-electron chi connectivity index (χ3n) is 2.34. The van der Waals surface area contributed by atoms with Gasteiger partial charge >= 0.3 is 0 Å². The maximum absolute atomic E-state index is 5.58. The third kappa shape index (κ3) is 2.06. The first kappa shape index (κ1) is 9.89. The molecule has 2 rings (SSSR count). The Balaban J connectivity index is 2.33. The van der Waals surface area contributed by atoms with Crippen molar-refractivity contribution in [1.29, 1.82) is 0 Å². The largest absolute Gasteiger partial charge is 0.369 e. The molecule has 2 heterocycles. The molecule has 2 aromatic heterocycles. The molecule has 0 unspecified atom stereocenters. The van der Waals surface area contributed by atoms with Crippen molar-refractivity contribution >= 4 is 17.1 Å². The second-order valence-electron chi connectivity index (χ2n) is 4.07. The number of imidazole rings is 1. The number of fused-ring (bicyclic) bond motifs is 1. The Hall–Kier alpha value is -1.65. The predicted octanol–water partition coefficient (Wildman–Crippen LogP) is 1.52. The van der Waals surface area contributed by atoms with Crippen molar-refractivity contribution in [3.63, 3.8) is 0 Å². The number of nitrogens with two attached hydrogens (primary N) is 1. The molecule has 0 aliphatic carbocycles. The molecule has 0 amide bonds. The van der Waals surface area contributed by atoms with Crippen LogP contribution in [0.15, 0.2) is 6.33 Å². The summed E-state index contributed by atoms with van der Waals surface area (Å²) in [5.41, 5.74) is 8.10. The summed E-state index contributed by atoms with van der Waals surface area (Å²) in [6.45, 7) is 4.39. The highest BCUT2D eigenvalue weighted by Gasteiger charge is 2.08. The molecule has 0 aliphatic rings. The van der Waals surface area contributed by atoms with E-state index in [1.165, 1.54) is 6.33 Å². The molecule has 0 spiro atoms. The van der Waals surface area contributed by atoms with Gasteiger partial charge in [-0.25, -0.2) is 9.97 Å². The number of nitrogens with one attached hydrogen (secondary N) is 1. The summed E-state index contributed by atoms with van der Waals surface area (Å²) >= 11 is 0. The molecule has 0 saturated carbocycles. The molecule has 15 heavy (non-hydrogen) atoms. The van der Waals surface area contributed by atoms with Crippen LogP contribution in [0.3, 0.4) is 0 Å². The van der Waals surface area contributed by atoms with Gasteiger partial charge in [0.1, 0.15) is 11.8 Å². The van der Waals surface area contributed by atoms with E-state index < -0.39 is 0 Å². The van der Waals surface area contributed by atoms with E-state index >= 15 is 0 Å². The van der Waals surface area contributed by atoms with Crippen molar-refractivity contribution < 1.29 is 0 Å². The van der Waals surface area contributed by atoms with Crippen LogP contribution >= 0.6 is 0 Å².